The van der Waals surface area contributed by atoms with E-state index in [-0.39, 0.29) is 11.7 Å². The van der Waals surface area contributed by atoms with Gasteiger partial charge in [-0.3, -0.25) is 9.52 Å². The van der Waals surface area contributed by atoms with E-state index in [2.05, 4.69) is 10.0 Å². The van der Waals surface area contributed by atoms with Crippen LogP contribution in [0.25, 0.3) is 0 Å². The van der Waals surface area contributed by atoms with Crippen molar-refractivity contribution in [2.45, 2.75) is 20.8 Å². The zero-order valence-corrected chi connectivity index (χ0v) is 15.9. The van der Waals surface area contributed by atoms with Crippen LogP contribution in [0, 0.1) is 19.8 Å². The SMILES string of the molecule is Cc1ccc(NS(=O)(=O)CC(C)C(=O)Nc2cc(Cl)ccc2C)cc1. The summed E-state index contributed by atoms with van der Waals surface area (Å²) in [6, 6.07) is 12.2. The molecule has 1 atom stereocenters. The molecule has 2 aromatic carbocycles. The van der Waals surface area contributed by atoms with Crippen LogP contribution in [0.1, 0.15) is 18.1 Å². The van der Waals surface area contributed by atoms with E-state index in [0.717, 1.165) is 11.1 Å². The molecule has 0 aromatic heterocycles. The fraction of sp³-hybridized carbons (Fsp3) is 0.278. The Kier molecular flexibility index (Phi) is 6.08. The smallest absolute Gasteiger partial charge is 0.233 e. The minimum absolute atomic E-state index is 0.313. The molecule has 1 unspecified atom stereocenters. The molecule has 0 aliphatic rings. The molecule has 5 nitrogen and oxygen atoms in total. The third-order valence-electron chi connectivity index (χ3n) is 3.70. The molecule has 1 amide bonds. The van der Waals surface area contributed by atoms with E-state index in [4.69, 9.17) is 11.6 Å². The number of hydrogen-bond acceptors (Lipinski definition) is 3. The van der Waals surface area contributed by atoms with Gasteiger partial charge in [-0.15, -0.1) is 0 Å². The molecule has 0 aliphatic carbocycles. The summed E-state index contributed by atoms with van der Waals surface area (Å²) in [7, 11) is -3.64. The highest BCUT2D eigenvalue weighted by Gasteiger charge is 2.22. The Morgan fingerprint density at radius 3 is 2.40 bits per heavy atom. The number of hydrogen-bond donors (Lipinski definition) is 2. The molecule has 0 radical (unpaired) electrons. The van der Waals surface area contributed by atoms with Crippen LogP contribution in [0.4, 0.5) is 11.4 Å². The van der Waals surface area contributed by atoms with Gasteiger partial charge in [0.05, 0.1) is 11.7 Å². The summed E-state index contributed by atoms with van der Waals surface area (Å²) in [6.07, 6.45) is 0. The summed E-state index contributed by atoms with van der Waals surface area (Å²) < 4.78 is 27.0. The van der Waals surface area contributed by atoms with Gasteiger partial charge in [0, 0.05) is 16.4 Å². The van der Waals surface area contributed by atoms with Crippen LogP contribution in [0.15, 0.2) is 42.5 Å². The number of carbonyl (C=O) groups excluding carboxylic acids is 1. The molecule has 2 aromatic rings. The number of benzene rings is 2. The standard InChI is InChI=1S/C18H21ClN2O3S/c1-12-4-8-16(9-5-12)21-25(23,24)11-14(3)18(22)20-17-10-15(19)7-6-13(17)2/h4-10,14,21H,11H2,1-3H3,(H,20,22). The fourth-order valence-corrected chi connectivity index (χ4v) is 3.79. The molecule has 0 spiro atoms. The predicted octanol–water partition coefficient (Wildman–Crippen LogP) is 3.97. The van der Waals surface area contributed by atoms with E-state index < -0.39 is 15.9 Å². The minimum atomic E-state index is -3.64. The zero-order chi connectivity index (χ0) is 18.6. The molecule has 2 rings (SSSR count). The van der Waals surface area contributed by atoms with Crippen molar-refractivity contribution in [3.05, 3.63) is 58.6 Å². The predicted molar refractivity (Wildman–Crippen MR) is 103 cm³/mol. The number of carbonyl (C=O) groups is 1. The van der Waals surface area contributed by atoms with Gasteiger partial charge in [0.1, 0.15) is 0 Å². The molecule has 0 heterocycles. The van der Waals surface area contributed by atoms with Crippen molar-refractivity contribution in [3.8, 4) is 0 Å². The van der Waals surface area contributed by atoms with Gasteiger partial charge in [-0.1, -0.05) is 42.3 Å². The Labute approximate surface area is 153 Å². The van der Waals surface area contributed by atoms with Crippen LogP contribution in [0.3, 0.4) is 0 Å². The molecular formula is C18H21ClN2O3S. The molecular weight excluding hydrogens is 360 g/mol. The van der Waals surface area contributed by atoms with E-state index in [1.165, 1.54) is 0 Å². The number of rotatable bonds is 6. The minimum Gasteiger partial charge on any atom is -0.326 e. The van der Waals surface area contributed by atoms with Gasteiger partial charge in [-0.05, 0) is 43.7 Å². The van der Waals surface area contributed by atoms with Crippen molar-refractivity contribution in [1.82, 2.24) is 0 Å². The van der Waals surface area contributed by atoms with E-state index in [1.807, 2.05) is 26.0 Å². The lowest BCUT2D eigenvalue weighted by Crippen LogP contribution is -2.30. The first-order valence-corrected chi connectivity index (χ1v) is 9.83. The highest BCUT2D eigenvalue weighted by atomic mass is 35.5. The van der Waals surface area contributed by atoms with Gasteiger partial charge < -0.3 is 5.32 Å². The number of anilines is 2. The molecule has 2 N–H and O–H groups in total. The molecule has 7 heteroatoms. The normalized spacial score (nSPS) is 12.5. The number of halogens is 1. The van der Waals surface area contributed by atoms with Crippen molar-refractivity contribution < 1.29 is 13.2 Å². The van der Waals surface area contributed by atoms with Crippen LogP contribution in [0.2, 0.25) is 5.02 Å². The lowest BCUT2D eigenvalue weighted by Gasteiger charge is -2.15. The van der Waals surface area contributed by atoms with Crippen LogP contribution in [-0.4, -0.2) is 20.1 Å². The van der Waals surface area contributed by atoms with Crippen LogP contribution in [0.5, 0.6) is 0 Å². The topological polar surface area (TPSA) is 75.3 Å². The van der Waals surface area contributed by atoms with Crippen molar-refractivity contribution in [3.63, 3.8) is 0 Å². The summed E-state index contributed by atoms with van der Waals surface area (Å²) in [5.74, 6) is -1.41. The average molecular weight is 381 g/mol. The number of sulfonamides is 1. The summed E-state index contributed by atoms with van der Waals surface area (Å²) >= 11 is 5.93. The maximum Gasteiger partial charge on any atom is 0.233 e. The number of aryl methyl sites for hydroxylation is 2. The van der Waals surface area contributed by atoms with E-state index in [0.29, 0.717) is 16.4 Å². The molecule has 25 heavy (non-hydrogen) atoms. The first-order valence-electron chi connectivity index (χ1n) is 7.80. The second kappa shape index (κ2) is 7.89. The third kappa shape index (κ3) is 5.76. The Morgan fingerprint density at radius 2 is 1.76 bits per heavy atom. The number of nitrogens with one attached hydrogen (secondary N) is 2. The van der Waals surface area contributed by atoms with Gasteiger partial charge in [-0.2, -0.15) is 0 Å². The Hall–Kier alpha value is -2.05. The van der Waals surface area contributed by atoms with Gasteiger partial charge in [-0.25, -0.2) is 8.42 Å². The van der Waals surface area contributed by atoms with Gasteiger partial charge >= 0.3 is 0 Å². The highest BCUT2D eigenvalue weighted by Crippen LogP contribution is 2.21. The third-order valence-corrected chi connectivity index (χ3v) is 5.42. The molecule has 134 valence electrons. The summed E-state index contributed by atoms with van der Waals surface area (Å²) in [4.78, 5) is 12.3. The zero-order valence-electron chi connectivity index (χ0n) is 14.3. The molecule has 0 saturated carbocycles. The van der Waals surface area contributed by atoms with Crippen molar-refractivity contribution in [1.29, 1.82) is 0 Å². The summed E-state index contributed by atoms with van der Waals surface area (Å²) in [5, 5.41) is 3.23. The first-order chi connectivity index (χ1) is 11.7. The molecule has 0 fully saturated rings. The lowest BCUT2D eigenvalue weighted by atomic mass is 10.1. The van der Waals surface area contributed by atoms with Crippen molar-refractivity contribution >= 4 is 38.9 Å². The Bertz CT molecular complexity index is 864. The molecule has 0 saturated heterocycles. The Morgan fingerprint density at radius 1 is 1.12 bits per heavy atom. The van der Waals surface area contributed by atoms with Gasteiger partial charge in [0.2, 0.25) is 15.9 Å². The average Bonchev–Trinajstić information content (AvgIpc) is 2.52. The molecule has 0 bridgehead atoms. The van der Waals surface area contributed by atoms with E-state index >= 15 is 0 Å². The lowest BCUT2D eigenvalue weighted by molar-refractivity contribution is -0.118. The second-order valence-electron chi connectivity index (χ2n) is 6.10. The Balaban J connectivity index is 2.01. The quantitative estimate of drug-likeness (QED) is 0.796. The van der Waals surface area contributed by atoms with Crippen molar-refractivity contribution in [2.75, 3.05) is 15.8 Å². The van der Waals surface area contributed by atoms with Gasteiger partial charge in [0.15, 0.2) is 0 Å². The van der Waals surface area contributed by atoms with Crippen LogP contribution in [-0.2, 0) is 14.8 Å². The highest BCUT2D eigenvalue weighted by molar-refractivity contribution is 7.92. The van der Waals surface area contributed by atoms with Crippen LogP contribution < -0.4 is 10.0 Å². The second-order valence-corrected chi connectivity index (χ2v) is 8.30. The first kappa shape index (κ1) is 19.3. The van der Waals surface area contributed by atoms with E-state index in [9.17, 15) is 13.2 Å². The largest absolute Gasteiger partial charge is 0.326 e. The van der Waals surface area contributed by atoms with Crippen molar-refractivity contribution in [2.24, 2.45) is 5.92 Å². The number of amides is 1. The van der Waals surface area contributed by atoms with Crippen LogP contribution >= 0.6 is 11.6 Å². The summed E-state index contributed by atoms with van der Waals surface area (Å²) in [5.41, 5.74) is 2.94. The van der Waals surface area contributed by atoms with Gasteiger partial charge in [0.25, 0.3) is 0 Å². The fourth-order valence-electron chi connectivity index (χ4n) is 2.23. The maximum absolute atomic E-state index is 12.3. The van der Waals surface area contributed by atoms with E-state index in [1.54, 1.807) is 37.3 Å². The maximum atomic E-state index is 12.3. The summed E-state index contributed by atoms with van der Waals surface area (Å²) in [6.45, 7) is 5.33. The molecule has 0 aliphatic heterocycles. The monoisotopic (exact) mass is 380 g/mol.